The number of ether oxygens (including phenoxy) is 2. The second-order valence-electron chi connectivity index (χ2n) is 7.09. The smallest absolute Gasteiger partial charge is 0.238 e. The third kappa shape index (κ3) is 5.24. The minimum atomic E-state index is 0.0391. The van der Waals surface area contributed by atoms with Gasteiger partial charge in [-0.3, -0.25) is 14.6 Å². The van der Waals surface area contributed by atoms with Gasteiger partial charge in [-0.15, -0.1) is 0 Å². The Morgan fingerprint density at radius 1 is 1.00 bits per heavy atom. The Hall–Kier alpha value is -2.57. The topological polar surface area (TPSA) is 54.0 Å². The van der Waals surface area contributed by atoms with Gasteiger partial charge in [0.1, 0.15) is 11.5 Å². The number of hydrogen-bond acceptors (Lipinski definition) is 5. The molecule has 0 bridgehead atoms. The summed E-state index contributed by atoms with van der Waals surface area (Å²) in [5.41, 5.74) is 3.08. The fourth-order valence-electron chi connectivity index (χ4n) is 3.46. The summed E-state index contributed by atoms with van der Waals surface area (Å²) < 4.78 is 10.8. The number of carbonyl (C=O) groups excluding carboxylic acids is 1. The third-order valence-electron chi connectivity index (χ3n) is 5.13. The van der Waals surface area contributed by atoms with Crippen molar-refractivity contribution in [1.82, 2.24) is 9.80 Å². The fourth-order valence-corrected chi connectivity index (χ4v) is 3.46. The normalized spacial score (nSPS) is 15.2. The van der Waals surface area contributed by atoms with E-state index in [0.29, 0.717) is 6.54 Å². The zero-order chi connectivity index (χ0) is 19.9. The van der Waals surface area contributed by atoms with E-state index in [4.69, 9.17) is 9.47 Å². The third-order valence-corrected chi connectivity index (χ3v) is 5.13. The van der Waals surface area contributed by atoms with Crippen LogP contribution in [0.5, 0.6) is 11.5 Å². The van der Waals surface area contributed by atoms with E-state index in [1.54, 1.807) is 14.2 Å². The van der Waals surface area contributed by atoms with Crippen LogP contribution in [-0.4, -0.2) is 62.7 Å². The summed E-state index contributed by atoms with van der Waals surface area (Å²) in [6, 6.07) is 13.7. The maximum Gasteiger partial charge on any atom is 0.238 e. The number of benzene rings is 2. The van der Waals surface area contributed by atoms with Crippen molar-refractivity contribution in [1.29, 1.82) is 0 Å². The largest absolute Gasteiger partial charge is 0.497 e. The number of aryl methyl sites for hydroxylation is 1. The van der Waals surface area contributed by atoms with Crippen LogP contribution in [-0.2, 0) is 11.3 Å². The molecule has 1 heterocycles. The Balaban J connectivity index is 1.49. The summed E-state index contributed by atoms with van der Waals surface area (Å²) in [5, 5.41) is 3.01. The summed E-state index contributed by atoms with van der Waals surface area (Å²) in [4.78, 5) is 16.9. The van der Waals surface area contributed by atoms with Crippen LogP contribution in [0.1, 0.15) is 11.1 Å². The highest BCUT2D eigenvalue weighted by atomic mass is 16.5. The summed E-state index contributed by atoms with van der Waals surface area (Å²) in [6.07, 6.45) is 0. The lowest BCUT2D eigenvalue weighted by Gasteiger charge is -2.34. The molecule has 0 unspecified atom stereocenters. The molecule has 0 atom stereocenters. The van der Waals surface area contributed by atoms with Crippen molar-refractivity contribution in [3.05, 3.63) is 53.6 Å². The molecule has 2 aromatic carbocycles. The molecular formula is C22H29N3O3. The van der Waals surface area contributed by atoms with Gasteiger partial charge in [0, 0.05) is 44.0 Å². The monoisotopic (exact) mass is 383 g/mol. The first-order valence-electron chi connectivity index (χ1n) is 9.60. The summed E-state index contributed by atoms with van der Waals surface area (Å²) in [6.45, 7) is 6.80. The molecule has 0 radical (unpaired) electrons. The second-order valence-corrected chi connectivity index (χ2v) is 7.09. The van der Waals surface area contributed by atoms with Crippen LogP contribution in [0.3, 0.4) is 0 Å². The lowest BCUT2D eigenvalue weighted by Crippen LogP contribution is -2.48. The number of nitrogens with one attached hydrogen (secondary N) is 1. The van der Waals surface area contributed by atoms with Gasteiger partial charge in [0.2, 0.25) is 5.91 Å². The molecule has 3 rings (SSSR count). The number of carbonyl (C=O) groups is 1. The molecule has 6 heteroatoms. The lowest BCUT2D eigenvalue weighted by molar-refractivity contribution is -0.117. The van der Waals surface area contributed by atoms with Gasteiger partial charge >= 0.3 is 0 Å². The zero-order valence-electron chi connectivity index (χ0n) is 16.9. The molecule has 1 saturated heterocycles. The van der Waals surface area contributed by atoms with E-state index in [2.05, 4.69) is 15.1 Å². The van der Waals surface area contributed by atoms with Crippen LogP contribution in [0.25, 0.3) is 0 Å². The molecule has 1 aliphatic rings. The molecule has 2 aromatic rings. The van der Waals surface area contributed by atoms with Crippen LogP contribution in [0.4, 0.5) is 5.69 Å². The number of piperazine rings is 1. The molecule has 1 N–H and O–H groups in total. The first-order valence-corrected chi connectivity index (χ1v) is 9.60. The van der Waals surface area contributed by atoms with Gasteiger partial charge in [0.25, 0.3) is 0 Å². The van der Waals surface area contributed by atoms with Crippen LogP contribution < -0.4 is 14.8 Å². The van der Waals surface area contributed by atoms with Gasteiger partial charge in [0.05, 0.1) is 20.8 Å². The minimum absolute atomic E-state index is 0.0391. The van der Waals surface area contributed by atoms with Crippen LogP contribution >= 0.6 is 0 Å². The Kier molecular flexibility index (Phi) is 6.90. The van der Waals surface area contributed by atoms with E-state index in [1.165, 1.54) is 0 Å². The molecular weight excluding hydrogens is 354 g/mol. The van der Waals surface area contributed by atoms with Crippen molar-refractivity contribution < 1.29 is 14.3 Å². The van der Waals surface area contributed by atoms with Crippen molar-refractivity contribution >= 4 is 11.6 Å². The number of methoxy groups -OCH3 is 2. The summed E-state index contributed by atoms with van der Waals surface area (Å²) >= 11 is 0. The quantitative estimate of drug-likeness (QED) is 0.797. The zero-order valence-corrected chi connectivity index (χ0v) is 16.9. The first-order chi connectivity index (χ1) is 13.6. The summed E-state index contributed by atoms with van der Waals surface area (Å²) in [7, 11) is 3.36. The van der Waals surface area contributed by atoms with Gasteiger partial charge in [-0.1, -0.05) is 18.2 Å². The lowest BCUT2D eigenvalue weighted by atomic mass is 10.1. The minimum Gasteiger partial charge on any atom is -0.497 e. The highest BCUT2D eigenvalue weighted by Crippen LogP contribution is 2.25. The predicted octanol–water partition coefficient (Wildman–Crippen LogP) is 2.77. The van der Waals surface area contributed by atoms with Crippen LogP contribution in [0.2, 0.25) is 0 Å². The predicted molar refractivity (Wildman–Crippen MR) is 111 cm³/mol. The number of hydrogen-bond donors (Lipinski definition) is 1. The van der Waals surface area contributed by atoms with E-state index >= 15 is 0 Å². The van der Waals surface area contributed by atoms with E-state index < -0.39 is 0 Å². The first kappa shape index (κ1) is 20.2. The van der Waals surface area contributed by atoms with Crippen molar-refractivity contribution in [2.75, 3.05) is 52.3 Å². The van der Waals surface area contributed by atoms with Gasteiger partial charge < -0.3 is 14.8 Å². The number of rotatable bonds is 7. The van der Waals surface area contributed by atoms with Crippen molar-refractivity contribution in [2.24, 2.45) is 0 Å². The van der Waals surface area contributed by atoms with Gasteiger partial charge in [-0.2, -0.15) is 0 Å². The maximum atomic E-state index is 12.4. The van der Waals surface area contributed by atoms with Gasteiger partial charge in [-0.25, -0.2) is 0 Å². The Bertz CT molecular complexity index is 801. The molecule has 150 valence electrons. The average Bonchev–Trinajstić information content (AvgIpc) is 2.71. The van der Waals surface area contributed by atoms with Crippen molar-refractivity contribution in [3.63, 3.8) is 0 Å². The number of nitrogens with zero attached hydrogens (tertiary/aromatic N) is 2. The molecule has 6 nitrogen and oxygen atoms in total. The van der Waals surface area contributed by atoms with Crippen LogP contribution in [0, 0.1) is 6.92 Å². The Morgan fingerprint density at radius 2 is 1.71 bits per heavy atom. The number of anilines is 1. The maximum absolute atomic E-state index is 12.4. The number of para-hydroxylation sites is 1. The molecule has 1 fully saturated rings. The van der Waals surface area contributed by atoms with Crippen molar-refractivity contribution in [3.8, 4) is 11.5 Å². The molecule has 1 aliphatic heterocycles. The fraction of sp³-hybridized carbons (Fsp3) is 0.409. The highest BCUT2D eigenvalue weighted by molar-refractivity contribution is 5.92. The molecule has 0 saturated carbocycles. The molecule has 0 aliphatic carbocycles. The van der Waals surface area contributed by atoms with Gasteiger partial charge in [-0.05, 0) is 36.8 Å². The standard InChI is InChI=1S/C22H29N3O3/c1-17-6-4-5-7-20(17)23-22(26)16-25-12-10-24(11-13-25)15-18-14-19(27-2)8-9-21(18)28-3/h4-9,14H,10-13,15-16H2,1-3H3,(H,23,26). The average molecular weight is 383 g/mol. The second kappa shape index (κ2) is 9.57. The Morgan fingerprint density at radius 3 is 2.39 bits per heavy atom. The van der Waals surface area contributed by atoms with Crippen molar-refractivity contribution in [2.45, 2.75) is 13.5 Å². The number of amides is 1. The highest BCUT2D eigenvalue weighted by Gasteiger charge is 2.20. The van der Waals surface area contributed by atoms with Gasteiger partial charge in [0.15, 0.2) is 0 Å². The Labute approximate surface area is 167 Å². The molecule has 28 heavy (non-hydrogen) atoms. The molecule has 1 amide bonds. The van der Waals surface area contributed by atoms with E-state index in [1.807, 2.05) is 49.4 Å². The molecule has 0 aromatic heterocycles. The van der Waals surface area contributed by atoms with E-state index in [9.17, 15) is 4.79 Å². The summed E-state index contributed by atoms with van der Waals surface area (Å²) in [5.74, 6) is 1.75. The molecule has 0 spiro atoms. The van der Waals surface area contributed by atoms with E-state index in [0.717, 1.165) is 61.0 Å². The SMILES string of the molecule is COc1ccc(OC)c(CN2CCN(CC(=O)Nc3ccccc3C)CC2)c1. The van der Waals surface area contributed by atoms with E-state index in [-0.39, 0.29) is 5.91 Å². The van der Waals surface area contributed by atoms with Crippen LogP contribution in [0.15, 0.2) is 42.5 Å².